The number of ketones is 2. The first kappa shape index (κ1) is 25.0. The molecule has 4 aliphatic carbocycles. The fourth-order valence-corrected chi connectivity index (χ4v) is 8.24. The molecule has 0 N–H and O–H groups in total. The summed E-state index contributed by atoms with van der Waals surface area (Å²) in [5, 5.41) is 0. The predicted octanol–water partition coefficient (Wildman–Crippen LogP) is 4.08. The van der Waals surface area contributed by atoms with Crippen molar-refractivity contribution in [2.45, 2.75) is 70.8 Å². The highest BCUT2D eigenvalue weighted by molar-refractivity contribution is 6.01. The van der Waals surface area contributed by atoms with E-state index >= 15 is 4.39 Å². The van der Waals surface area contributed by atoms with Gasteiger partial charge >= 0.3 is 5.97 Å². The molecular weight excluding hydrogens is 439 g/mol. The number of esters is 1. The fourth-order valence-electron chi connectivity index (χ4n) is 8.24. The highest BCUT2D eigenvalue weighted by Gasteiger charge is 2.79. The number of hydrogen-bond donors (Lipinski definition) is 0. The van der Waals surface area contributed by atoms with Crippen LogP contribution >= 0.6 is 0 Å². The molecule has 0 aromatic heterocycles. The Morgan fingerprint density at radius 1 is 1.21 bits per heavy atom. The molecule has 0 amide bonds. The molecule has 7 unspecified atom stereocenters. The fraction of sp³-hybridized carbons (Fsp3) is 0.667. The van der Waals surface area contributed by atoms with Crippen molar-refractivity contribution < 1.29 is 33.0 Å². The average Bonchev–Trinajstić information content (AvgIpc) is 3.02. The Bertz CT molecular complexity index is 1030. The van der Waals surface area contributed by atoms with Crippen LogP contribution in [0.3, 0.4) is 0 Å². The van der Waals surface area contributed by atoms with Gasteiger partial charge in [-0.05, 0) is 56.3 Å². The van der Waals surface area contributed by atoms with E-state index in [2.05, 4.69) is 6.58 Å². The van der Waals surface area contributed by atoms with Crippen LogP contribution in [0.15, 0.2) is 36.0 Å². The van der Waals surface area contributed by atoms with Gasteiger partial charge in [-0.3, -0.25) is 14.4 Å². The van der Waals surface area contributed by atoms with Crippen molar-refractivity contribution in [3.63, 3.8) is 0 Å². The lowest BCUT2D eigenvalue weighted by molar-refractivity contribution is -0.261. The first-order chi connectivity index (χ1) is 15.8. The van der Waals surface area contributed by atoms with Gasteiger partial charge in [-0.2, -0.15) is 0 Å². The summed E-state index contributed by atoms with van der Waals surface area (Å²) < 4.78 is 34.8. The molecule has 4 aliphatic rings. The molecule has 186 valence electrons. The van der Waals surface area contributed by atoms with E-state index in [1.54, 1.807) is 12.2 Å². The second-order valence-electron chi connectivity index (χ2n) is 11.0. The standard InChI is InChI=1S/C27H35FO6/c1-16-12-20-24(4)10-8-18-13-19(30)9-11-23(18,3)27(24,28)22(32-6)14-25(20,5)26(16,33-7)21(31)15-34-17(2)29/h9,11,13,20,22H,1,8,10,12,14-15H2,2-7H3. The van der Waals surface area contributed by atoms with Crippen molar-refractivity contribution in [2.75, 3.05) is 20.8 Å². The number of fused-ring (bicyclic) bond motifs is 5. The Balaban J connectivity index is 1.88. The number of halogens is 1. The molecule has 3 saturated carbocycles. The monoisotopic (exact) mass is 474 g/mol. The zero-order valence-electron chi connectivity index (χ0n) is 21.0. The molecule has 7 atom stereocenters. The van der Waals surface area contributed by atoms with Gasteiger partial charge in [-0.15, -0.1) is 0 Å². The normalized spacial score (nSPS) is 45.2. The summed E-state index contributed by atoms with van der Waals surface area (Å²) in [6.45, 7) is 10.8. The Kier molecular flexibility index (Phi) is 5.65. The van der Waals surface area contributed by atoms with Crippen LogP contribution in [-0.2, 0) is 28.6 Å². The van der Waals surface area contributed by atoms with Crippen LogP contribution in [0.2, 0.25) is 0 Å². The molecule has 0 bridgehead atoms. The first-order valence-electron chi connectivity index (χ1n) is 11.8. The molecule has 0 aromatic carbocycles. The lowest BCUT2D eigenvalue weighted by Gasteiger charge is -2.68. The Labute approximate surface area is 200 Å². The van der Waals surface area contributed by atoms with Crippen molar-refractivity contribution in [1.82, 2.24) is 0 Å². The average molecular weight is 475 g/mol. The summed E-state index contributed by atoms with van der Waals surface area (Å²) >= 11 is 0. The smallest absolute Gasteiger partial charge is 0.303 e. The zero-order chi connectivity index (χ0) is 25.3. The highest BCUT2D eigenvalue weighted by atomic mass is 19.1. The molecule has 0 heterocycles. The summed E-state index contributed by atoms with van der Waals surface area (Å²) in [4.78, 5) is 37.1. The second-order valence-corrected chi connectivity index (χ2v) is 11.0. The van der Waals surface area contributed by atoms with Gasteiger partial charge in [-0.25, -0.2) is 4.39 Å². The minimum Gasteiger partial charge on any atom is -0.458 e. The number of carbonyl (C=O) groups is 3. The summed E-state index contributed by atoms with van der Waals surface area (Å²) in [7, 11) is 2.96. The van der Waals surface area contributed by atoms with Gasteiger partial charge < -0.3 is 14.2 Å². The van der Waals surface area contributed by atoms with Crippen LogP contribution in [0.5, 0.6) is 0 Å². The SMILES string of the molecule is C=C1CC2C(C)(CC(OC)C3(F)C4(C)C=CC(=O)C=C4CCC23C)C1(OC)C(=O)COC(C)=O. The molecule has 0 aliphatic heterocycles. The van der Waals surface area contributed by atoms with Crippen LogP contribution in [0.1, 0.15) is 53.4 Å². The van der Waals surface area contributed by atoms with Crippen LogP contribution in [-0.4, -0.2) is 55.7 Å². The van der Waals surface area contributed by atoms with E-state index < -0.39 is 52.0 Å². The zero-order valence-corrected chi connectivity index (χ0v) is 21.0. The number of methoxy groups -OCH3 is 2. The molecule has 6 nitrogen and oxygen atoms in total. The maximum Gasteiger partial charge on any atom is 0.303 e. The summed E-state index contributed by atoms with van der Waals surface area (Å²) in [6.07, 6.45) is 5.55. The van der Waals surface area contributed by atoms with Crippen LogP contribution in [0, 0.1) is 22.2 Å². The topological polar surface area (TPSA) is 78.9 Å². The first-order valence-corrected chi connectivity index (χ1v) is 11.8. The van der Waals surface area contributed by atoms with E-state index in [9.17, 15) is 14.4 Å². The van der Waals surface area contributed by atoms with Gasteiger partial charge in [0.25, 0.3) is 0 Å². The molecule has 0 aromatic rings. The van der Waals surface area contributed by atoms with Gasteiger partial charge in [-0.1, -0.05) is 32.1 Å². The summed E-state index contributed by atoms with van der Waals surface area (Å²) in [5.41, 5.74) is -4.66. The van der Waals surface area contributed by atoms with Gasteiger partial charge in [0.2, 0.25) is 5.78 Å². The Morgan fingerprint density at radius 2 is 1.88 bits per heavy atom. The Hall–Kier alpha value is -2.12. The van der Waals surface area contributed by atoms with Crippen molar-refractivity contribution in [1.29, 1.82) is 0 Å². The molecule has 34 heavy (non-hydrogen) atoms. The molecule has 7 heteroatoms. The van der Waals surface area contributed by atoms with E-state index in [-0.39, 0.29) is 18.1 Å². The number of hydrogen-bond acceptors (Lipinski definition) is 6. The lowest BCUT2D eigenvalue weighted by atomic mass is 9.39. The molecule has 3 fully saturated rings. The van der Waals surface area contributed by atoms with Crippen molar-refractivity contribution in [3.05, 3.63) is 36.0 Å². The van der Waals surface area contributed by atoms with Crippen molar-refractivity contribution in [3.8, 4) is 0 Å². The molecule has 0 radical (unpaired) electrons. The van der Waals surface area contributed by atoms with E-state index in [4.69, 9.17) is 14.2 Å². The van der Waals surface area contributed by atoms with Gasteiger partial charge in [0, 0.05) is 37.4 Å². The molecule has 0 spiro atoms. The lowest BCUT2D eigenvalue weighted by Crippen LogP contribution is -2.73. The minimum absolute atomic E-state index is 0.127. The number of alkyl halides is 1. The van der Waals surface area contributed by atoms with Crippen LogP contribution < -0.4 is 0 Å². The van der Waals surface area contributed by atoms with Gasteiger partial charge in [0.1, 0.15) is 0 Å². The quantitative estimate of drug-likeness (QED) is 0.441. The largest absolute Gasteiger partial charge is 0.458 e. The third-order valence-electron chi connectivity index (χ3n) is 9.80. The Morgan fingerprint density at radius 3 is 2.47 bits per heavy atom. The van der Waals surface area contributed by atoms with E-state index in [1.165, 1.54) is 27.2 Å². The number of ether oxygens (including phenoxy) is 3. The maximum atomic E-state index is 17.9. The molecular formula is C27H35FO6. The van der Waals surface area contributed by atoms with Gasteiger partial charge in [0.05, 0.1) is 6.10 Å². The summed E-state index contributed by atoms with van der Waals surface area (Å²) in [6, 6.07) is 0. The van der Waals surface area contributed by atoms with Crippen molar-refractivity contribution >= 4 is 17.5 Å². The van der Waals surface area contributed by atoms with Crippen LogP contribution in [0.25, 0.3) is 0 Å². The maximum absolute atomic E-state index is 17.9. The highest BCUT2D eigenvalue weighted by Crippen LogP contribution is 2.76. The third-order valence-corrected chi connectivity index (χ3v) is 9.80. The second kappa shape index (κ2) is 7.69. The van der Waals surface area contributed by atoms with Crippen molar-refractivity contribution in [2.24, 2.45) is 22.2 Å². The predicted molar refractivity (Wildman–Crippen MR) is 124 cm³/mol. The van der Waals surface area contributed by atoms with Crippen LogP contribution in [0.4, 0.5) is 4.39 Å². The minimum atomic E-state index is -1.83. The molecule has 0 saturated heterocycles. The number of carbonyl (C=O) groups excluding carboxylic acids is 3. The number of allylic oxidation sites excluding steroid dienone is 4. The van der Waals surface area contributed by atoms with E-state index in [0.717, 1.165) is 5.57 Å². The summed E-state index contributed by atoms with van der Waals surface area (Å²) in [5.74, 6) is -1.36. The number of rotatable bonds is 5. The molecule has 4 rings (SSSR count). The van der Waals surface area contributed by atoms with E-state index in [1.807, 2.05) is 20.8 Å². The number of Topliss-reactive ketones (excluding diaryl/α,β-unsaturated/α-hetero) is 1. The third kappa shape index (κ3) is 2.71. The van der Waals surface area contributed by atoms with Gasteiger partial charge in [0.15, 0.2) is 23.7 Å². The van der Waals surface area contributed by atoms with E-state index in [0.29, 0.717) is 24.8 Å².